The molecular weight excluding hydrogens is 297 g/mol. The van der Waals surface area contributed by atoms with Crippen molar-refractivity contribution in [2.75, 3.05) is 20.2 Å². The van der Waals surface area contributed by atoms with Crippen LogP contribution in [0.15, 0.2) is 34.9 Å². The van der Waals surface area contributed by atoms with Crippen LogP contribution in [0.5, 0.6) is 0 Å². The first-order valence-corrected chi connectivity index (χ1v) is 7.24. The standard InChI is InChI=1S/C15H15Cl2NO2/c1-18-7-14-15-10(4-5-19-15)11(8-20-14)9-2-3-12(16)13(17)6-9/h2-6,11,14,18H,7-8H2,1H3. The van der Waals surface area contributed by atoms with E-state index in [0.717, 1.165) is 23.4 Å². The van der Waals surface area contributed by atoms with Crippen LogP contribution in [-0.2, 0) is 4.74 Å². The minimum atomic E-state index is -0.0379. The van der Waals surface area contributed by atoms with E-state index in [9.17, 15) is 0 Å². The van der Waals surface area contributed by atoms with E-state index in [2.05, 4.69) is 5.32 Å². The van der Waals surface area contributed by atoms with Gasteiger partial charge in [-0.25, -0.2) is 0 Å². The predicted molar refractivity (Wildman–Crippen MR) is 79.6 cm³/mol. The minimum Gasteiger partial charge on any atom is -0.466 e. The molecule has 1 aliphatic rings. The number of furan rings is 1. The van der Waals surface area contributed by atoms with E-state index in [4.69, 9.17) is 32.4 Å². The van der Waals surface area contributed by atoms with Crippen LogP contribution in [0, 0.1) is 0 Å². The first-order valence-electron chi connectivity index (χ1n) is 6.49. The van der Waals surface area contributed by atoms with Gasteiger partial charge in [0.1, 0.15) is 11.9 Å². The molecule has 0 radical (unpaired) electrons. The number of halogens is 2. The molecule has 2 atom stereocenters. The van der Waals surface area contributed by atoms with Gasteiger partial charge in [-0.15, -0.1) is 0 Å². The molecule has 0 fully saturated rings. The van der Waals surface area contributed by atoms with E-state index in [-0.39, 0.29) is 12.0 Å². The maximum absolute atomic E-state index is 6.11. The van der Waals surface area contributed by atoms with Gasteiger partial charge in [0.25, 0.3) is 0 Å². The lowest BCUT2D eigenvalue weighted by Crippen LogP contribution is -2.27. The summed E-state index contributed by atoms with van der Waals surface area (Å²) in [6.07, 6.45) is 1.68. The van der Waals surface area contributed by atoms with Crippen molar-refractivity contribution in [1.82, 2.24) is 5.32 Å². The molecule has 0 saturated carbocycles. The van der Waals surface area contributed by atoms with Crippen molar-refractivity contribution in [2.45, 2.75) is 12.0 Å². The highest BCUT2D eigenvalue weighted by Gasteiger charge is 2.31. The lowest BCUT2D eigenvalue weighted by Gasteiger charge is -2.28. The van der Waals surface area contributed by atoms with E-state index < -0.39 is 0 Å². The van der Waals surface area contributed by atoms with Gasteiger partial charge >= 0.3 is 0 Å². The zero-order valence-electron chi connectivity index (χ0n) is 11.0. The molecule has 1 aromatic heterocycles. The maximum atomic E-state index is 6.11. The molecule has 2 aromatic rings. The smallest absolute Gasteiger partial charge is 0.137 e. The summed E-state index contributed by atoms with van der Waals surface area (Å²) < 4.78 is 11.5. The summed E-state index contributed by atoms with van der Waals surface area (Å²) >= 11 is 12.1. The first kappa shape index (κ1) is 14.0. The molecule has 1 N–H and O–H groups in total. The van der Waals surface area contributed by atoms with Crippen molar-refractivity contribution < 1.29 is 9.15 Å². The highest BCUT2D eigenvalue weighted by atomic mass is 35.5. The summed E-state index contributed by atoms with van der Waals surface area (Å²) in [6, 6.07) is 7.71. The number of likely N-dealkylation sites (N-methyl/N-ethyl adjacent to an activating group) is 1. The Balaban J connectivity index is 1.96. The van der Waals surface area contributed by atoms with E-state index in [1.54, 1.807) is 6.26 Å². The van der Waals surface area contributed by atoms with Crippen molar-refractivity contribution in [3.8, 4) is 0 Å². The molecule has 106 valence electrons. The van der Waals surface area contributed by atoms with Crippen LogP contribution in [-0.4, -0.2) is 20.2 Å². The second kappa shape index (κ2) is 5.78. The Morgan fingerprint density at radius 2 is 2.10 bits per heavy atom. The number of hydrogen-bond acceptors (Lipinski definition) is 3. The highest BCUT2D eigenvalue weighted by molar-refractivity contribution is 6.42. The fraction of sp³-hybridized carbons (Fsp3) is 0.333. The van der Waals surface area contributed by atoms with E-state index in [1.807, 2.05) is 31.3 Å². The van der Waals surface area contributed by atoms with Gasteiger partial charge in [0.05, 0.1) is 22.9 Å². The lowest BCUT2D eigenvalue weighted by molar-refractivity contribution is 0.0197. The van der Waals surface area contributed by atoms with E-state index in [0.29, 0.717) is 16.7 Å². The van der Waals surface area contributed by atoms with Crippen LogP contribution in [0.1, 0.15) is 28.9 Å². The fourth-order valence-corrected chi connectivity index (χ4v) is 2.91. The Morgan fingerprint density at radius 3 is 2.85 bits per heavy atom. The van der Waals surface area contributed by atoms with Gasteiger partial charge in [-0.2, -0.15) is 0 Å². The van der Waals surface area contributed by atoms with Crippen LogP contribution < -0.4 is 5.32 Å². The topological polar surface area (TPSA) is 34.4 Å². The number of ether oxygens (including phenoxy) is 1. The Labute approximate surface area is 127 Å². The van der Waals surface area contributed by atoms with Gasteiger partial charge < -0.3 is 14.5 Å². The van der Waals surface area contributed by atoms with Crippen molar-refractivity contribution in [1.29, 1.82) is 0 Å². The Kier molecular flexibility index (Phi) is 4.03. The minimum absolute atomic E-state index is 0.0379. The summed E-state index contributed by atoms with van der Waals surface area (Å²) in [5.41, 5.74) is 2.25. The third-order valence-electron chi connectivity index (χ3n) is 3.59. The van der Waals surface area contributed by atoms with Crippen LogP contribution in [0.25, 0.3) is 0 Å². The summed E-state index contributed by atoms with van der Waals surface area (Å²) in [5.74, 6) is 1.02. The van der Waals surface area contributed by atoms with Gasteiger partial charge in [-0.05, 0) is 30.8 Å². The zero-order valence-corrected chi connectivity index (χ0v) is 12.5. The number of benzene rings is 1. The van der Waals surface area contributed by atoms with Crippen molar-refractivity contribution in [2.24, 2.45) is 0 Å². The van der Waals surface area contributed by atoms with Gasteiger partial charge in [0.2, 0.25) is 0 Å². The van der Waals surface area contributed by atoms with Crippen LogP contribution in [0.4, 0.5) is 0 Å². The van der Waals surface area contributed by atoms with Crippen molar-refractivity contribution >= 4 is 23.2 Å². The quantitative estimate of drug-likeness (QED) is 0.930. The molecule has 0 saturated heterocycles. The third kappa shape index (κ3) is 2.47. The van der Waals surface area contributed by atoms with Crippen LogP contribution >= 0.6 is 23.2 Å². The summed E-state index contributed by atoms with van der Waals surface area (Å²) in [4.78, 5) is 0. The molecule has 3 nitrogen and oxygen atoms in total. The second-order valence-corrected chi connectivity index (χ2v) is 5.66. The first-order chi connectivity index (χ1) is 9.70. The van der Waals surface area contributed by atoms with E-state index in [1.165, 1.54) is 0 Å². The average Bonchev–Trinajstić information content (AvgIpc) is 2.92. The number of rotatable bonds is 3. The molecule has 1 aromatic carbocycles. The van der Waals surface area contributed by atoms with Crippen LogP contribution in [0.2, 0.25) is 10.0 Å². The van der Waals surface area contributed by atoms with Crippen LogP contribution in [0.3, 0.4) is 0 Å². The summed E-state index contributed by atoms with van der Waals surface area (Å²) in [6.45, 7) is 1.34. The molecule has 2 heterocycles. The Morgan fingerprint density at radius 1 is 1.25 bits per heavy atom. The molecule has 0 bridgehead atoms. The molecule has 0 aliphatic carbocycles. The van der Waals surface area contributed by atoms with Gasteiger partial charge in [0.15, 0.2) is 0 Å². The van der Waals surface area contributed by atoms with Gasteiger partial charge in [0, 0.05) is 18.0 Å². The zero-order chi connectivity index (χ0) is 14.1. The summed E-state index contributed by atoms with van der Waals surface area (Å²) in [7, 11) is 1.90. The molecule has 1 aliphatic heterocycles. The normalized spacial score (nSPS) is 21.8. The molecule has 20 heavy (non-hydrogen) atoms. The van der Waals surface area contributed by atoms with Gasteiger partial charge in [-0.1, -0.05) is 29.3 Å². The second-order valence-electron chi connectivity index (χ2n) is 4.85. The lowest BCUT2D eigenvalue weighted by atomic mass is 9.89. The molecular formula is C15H15Cl2NO2. The number of nitrogens with one attached hydrogen (secondary N) is 1. The molecule has 2 unspecified atom stereocenters. The monoisotopic (exact) mass is 311 g/mol. The average molecular weight is 312 g/mol. The molecule has 5 heteroatoms. The SMILES string of the molecule is CNCC1OCC(c2ccc(Cl)c(Cl)c2)c2ccoc21. The largest absolute Gasteiger partial charge is 0.466 e. The third-order valence-corrected chi connectivity index (χ3v) is 4.33. The molecule has 0 amide bonds. The Bertz CT molecular complexity index is 612. The van der Waals surface area contributed by atoms with E-state index >= 15 is 0 Å². The molecule has 3 rings (SSSR count). The maximum Gasteiger partial charge on any atom is 0.137 e. The van der Waals surface area contributed by atoms with Crippen molar-refractivity contribution in [3.63, 3.8) is 0 Å². The molecule has 0 spiro atoms. The highest BCUT2D eigenvalue weighted by Crippen LogP contribution is 2.39. The van der Waals surface area contributed by atoms with Gasteiger partial charge in [-0.3, -0.25) is 0 Å². The number of fused-ring (bicyclic) bond motifs is 1. The summed E-state index contributed by atoms with van der Waals surface area (Å²) in [5, 5.41) is 4.24. The number of hydrogen-bond donors (Lipinski definition) is 1. The predicted octanol–water partition coefficient (Wildman–Crippen LogP) is 4.01. The van der Waals surface area contributed by atoms with Crippen molar-refractivity contribution in [3.05, 3.63) is 57.5 Å². The fourth-order valence-electron chi connectivity index (χ4n) is 2.60. The Hall–Kier alpha value is -1.00.